The van der Waals surface area contributed by atoms with Crippen LogP contribution in [-0.4, -0.2) is 31.7 Å². The first-order chi connectivity index (χ1) is 9.29. The highest BCUT2D eigenvalue weighted by Gasteiger charge is 2.21. The molecule has 0 radical (unpaired) electrons. The van der Waals surface area contributed by atoms with Crippen molar-refractivity contribution in [1.29, 1.82) is 0 Å². The van der Waals surface area contributed by atoms with Gasteiger partial charge in [0.25, 0.3) is 5.91 Å². The van der Waals surface area contributed by atoms with Crippen LogP contribution in [-0.2, 0) is 0 Å². The fourth-order valence-electron chi connectivity index (χ4n) is 1.44. The number of benzene rings is 1. The number of halogens is 2. The average molecular weight is 288 g/mol. The second-order valence-corrected chi connectivity index (χ2v) is 4.79. The molecule has 0 spiro atoms. The van der Waals surface area contributed by atoms with Crippen molar-refractivity contribution in [2.75, 3.05) is 13.7 Å². The van der Waals surface area contributed by atoms with E-state index < -0.39 is 18.1 Å². The van der Waals surface area contributed by atoms with E-state index in [9.17, 15) is 13.6 Å². The van der Waals surface area contributed by atoms with E-state index in [1.807, 2.05) is 0 Å². The first-order valence-corrected chi connectivity index (χ1v) is 5.94. The van der Waals surface area contributed by atoms with Gasteiger partial charge in [0.15, 0.2) is 11.5 Å². The maximum Gasteiger partial charge on any atom is 0.387 e. The van der Waals surface area contributed by atoms with Gasteiger partial charge >= 0.3 is 6.61 Å². The largest absolute Gasteiger partial charge is 0.493 e. The Morgan fingerprint density at radius 2 is 2.05 bits per heavy atom. The van der Waals surface area contributed by atoms with E-state index in [1.54, 1.807) is 13.8 Å². The van der Waals surface area contributed by atoms with E-state index in [0.717, 1.165) is 0 Å². The Labute approximate surface area is 116 Å². The predicted molar refractivity (Wildman–Crippen MR) is 70.2 cm³/mol. The number of carbonyl (C=O) groups is 1. The lowest BCUT2D eigenvalue weighted by Gasteiger charge is -2.24. The molecule has 7 heteroatoms. The molecule has 0 aliphatic heterocycles. The molecule has 0 bridgehead atoms. The number of nitrogens with one attached hydrogen (secondary N) is 1. The van der Waals surface area contributed by atoms with Gasteiger partial charge in [0, 0.05) is 17.6 Å². The van der Waals surface area contributed by atoms with E-state index in [2.05, 4.69) is 10.1 Å². The minimum Gasteiger partial charge on any atom is -0.493 e. The summed E-state index contributed by atoms with van der Waals surface area (Å²) in [5, 5.41) is 2.69. The molecule has 3 N–H and O–H groups in total. The summed E-state index contributed by atoms with van der Waals surface area (Å²) in [4.78, 5) is 12.0. The molecule has 0 aromatic heterocycles. The maximum absolute atomic E-state index is 12.3. The molecule has 0 heterocycles. The molecule has 20 heavy (non-hydrogen) atoms. The van der Waals surface area contributed by atoms with Gasteiger partial charge in [-0.3, -0.25) is 4.79 Å². The number of nitrogens with two attached hydrogens (primary N) is 1. The van der Waals surface area contributed by atoms with Crippen LogP contribution in [0, 0.1) is 0 Å². The van der Waals surface area contributed by atoms with Gasteiger partial charge in [0.05, 0.1) is 7.11 Å². The monoisotopic (exact) mass is 288 g/mol. The summed E-state index contributed by atoms with van der Waals surface area (Å²) in [6, 6.07) is 4.05. The van der Waals surface area contributed by atoms with Gasteiger partial charge in [0.2, 0.25) is 0 Å². The molecule has 0 saturated heterocycles. The number of methoxy groups -OCH3 is 1. The smallest absolute Gasteiger partial charge is 0.387 e. The van der Waals surface area contributed by atoms with Crippen LogP contribution in [0.4, 0.5) is 8.78 Å². The first kappa shape index (κ1) is 16.2. The molecule has 1 amide bonds. The van der Waals surface area contributed by atoms with Crippen molar-refractivity contribution in [2.24, 2.45) is 5.73 Å². The highest BCUT2D eigenvalue weighted by molar-refractivity contribution is 5.95. The normalized spacial score (nSPS) is 11.3. The quantitative estimate of drug-likeness (QED) is 0.836. The molecule has 0 saturated carbocycles. The van der Waals surface area contributed by atoms with Crippen molar-refractivity contribution < 1.29 is 23.0 Å². The van der Waals surface area contributed by atoms with E-state index in [0.29, 0.717) is 0 Å². The van der Waals surface area contributed by atoms with E-state index in [1.165, 1.54) is 25.3 Å². The van der Waals surface area contributed by atoms with Crippen molar-refractivity contribution >= 4 is 5.91 Å². The Kier molecular flexibility index (Phi) is 5.26. The summed E-state index contributed by atoms with van der Waals surface area (Å²) in [7, 11) is 1.32. The van der Waals surface area contributed by atoms with E-state index in [4.69, 9.17) is 10.5 Å². The van der Waals surface area contributed by atoms with Crippen LogP contribution in [0.5, 0.6) is 11.5 Å². The topological polar surface area (TPSA) is 73.6 Å². The Morgan fingerprint density at radius 3 is 2.55 bits per heavy atom. The van der Waals surface area contributed by atoms with Crippen LogP contribution < -0.4 is 20.5 Å². The lowest BCUT2D eigenvalue weighted by molar-refractivity contribution is -0.0512. The van der Waals surface area contributed by atoms with Crippen molar-refractivity contribution in [2.45, 2.75) is 26.0 Å². The molecule has 1 aromatic rings. The molecule has 1 rings (SSSR count). The van der Waals surface area contributed by atoms with Gasteiger partial charge in [-0.1, -0.05) is 0 Å². The van der Waals surface area contributed by atoms with Crippen LogP contribution in [0.1, 0.15) is 24.2 Å². The Bertz CT molecular complexity index is 479. The summed E-state index contributed by atoms with van der Waals surface area (Å²) in [6.07, 6.45) is 0. The number of ether oxygens (including phenoxy) is 2. The number of alkyl halides is 2. The summed E-state index contributed by atoms with van der Waals surface area (Å²) in [6.45, 7) is 0.758. The Balaban J connectivity index is 2.99. The minimum atomic E-state index is -3.00. The standard InChI is InChI=1S/C13H18F2N2O3/c1-13(2,7-16)17-11(18)8-4-5-9(19-3)10(6-8)20-12(14)15/h4-6,12H,7,16H2,1-3H3,(H,17,18). The van der Waals surface area contributed by atoms with Crippen LogP contribution in [0.25, 0.3) is 0 Å². The molecule has 0 fully saturated rings. The number of hydrogen-bond acceptors (Lipinski definition) is 4. The van der Waals surface area contributed by atoms with Gasteiger partial charge in [-0.05, 0) is 32.0 Å². The molecular formula is C13H18F2N2O3. The molecule has 5 nitrogen and oxygen atoms in total. The van der Waals surface area contributed by atoms with Crippen LogP contribution in [0.15, 0.2) is 18.2 Å². The maximum atomic E-state index is 12.3. The van der Waals surface area contributed by atoms with Crippen molar-refractivity contribution in [3.63, 3.8) is 0 Å². The van der Waals surface area contributed by atoms with Gasteiger partial charge in [-0.25, -0.2) is 0 Å². The Morgan fingerprint density at radius 1 is 1.40 bits per heavy atom. The molecule has 0 aliphatic rings. The highest BCUT2D eigenvalue weighted by Crippen LogP contribution is 2.29. The zero-order chi connectivity index (χ0) is 15.3. The molecule has 0 atom stereocenters. The van der Waals surface area contributed by atoms with Crippen LogP contribution in [0.3, 0.4) is 0 Å². The molecular weight excluding hydrogens is 270 g/mol. The molecule has 0 unspecified atom stereocenters. The lowest BCUT2D eigenvalue weighted by Crippen LogP contribution is -2.48. The van der Waals surface area contributed by atoms with Gasteiger partial charge in [-0.2, -0.15) is 8.78 Å². The third-order valence-corrected chi connectivity index (χ3v) is 2.60. The second-order valence-electron chi connectivity index (χ2n) is 4.79. The van der Waals surface area contributed by atoms with Gasteiger partial charge < -0.3 is 20.5 Å². The van der Waals surface area contributed by atoms with Crippen molar-refractivity contribution in [3.05, 3.63) is 23.8 Å². The fourth-order valence-corrected chi connectivity index (χ4v) is 1.44. The van der Waals surface area contributed by atoms with E-state index >= 15 is 0 Å². The summed E-state index contributed by atoms with van der Waals surface area (Å²) >= 11 is 0. The van der Waals surface area contributed by atoms with Crippen LogP contribution >= 0.6 is 0 Å². The Hall–Kier alpha value is -1.89. The highest BCUT2D eigenvalue weighted by atomic mass is 19.3. The zero-order valence-electron chi connectivity index (χ0n) is 11.6. The zero-order valence-corrected chi connectivity index (χ0v) is 11.6. The lowest BCUT2D eigenvalue weighted by atomic mass is 10.1. The fraction of sp³-hybridized carbons (Fsp3) is 0.462. The van der Waals surface area contributed by atoms with Crippen molar-refractivity contribution in [1.82, 2.24) is 5.32 Å². The summed E-state index contributed by atoms with van der Waals surface area (Å²) in [5.74, 6) is -0.497. The summed E-state index contributed by atoms with van der Waals surface area (Å²) < 4.78 is 33.8. The second kappa shape index (κ2) is 6.51. The van der Waals surface area contributed by atoms with Crippen molar-refractivity contribution in [3.8, 4) is 11.5 Å². The van der Waals surface area contributed by atoms with Gasteiger partial charge in [0.1, 0.15) is 0 Å². The summed E-state index contributed by atoms with van der Waals surface area (Å²) in [5.41, 5.74) is 5.10. The van der Waals surface area contributed by atoms with Crippen LogP contribution in [0.2, 0.25) is 0 Å². The van der Waals surface area contributed by atoms with Gasteiger partial charge in [-0.15, -0.1) is 0 Å². The first-order valence-electron chi connectivity index (χ1n) is 5.94. The number of rotatable bonds is 6. The molecule has 112 valence electrons. The number of amides is 1. The number of hydrogen-bond donors (Lipinski definition) is 2. The minimum absolute atomic E-state index is 0.125. The average Bonchev–Trinajstić information content (AvgIpc) is 2.37. The predicted octanol–water partition coefficient (Wildman–Crippen LogP) is 1.76. The molecule has 0 aliphatic carbocycles. The SMILES string of the molecule is COc1ccc(C(=O)NC(C)(C)CN)cc1OC(F)F. The number of carbonyl (C=O) groups excluding carboxylic acids is 1. The van der Waals surface area contributed by atoms with E-state index in [-0.39, 0.29) is 23.6 Å². The third kappa shape index (κ3) is 4.34. The molecule has 1 aromatic carbocycles. The third-order valence-electron chi connectivity index (χ3n) is 2.60.